The SMILES string of the molecule is CCS(=O)(=O)C[C@H]1CN(c2nnc(C(C)C)c3cc(Nc4ccnc(N5CC[C@H](OC)[C@H](F)C5)n4)ncc23)[C@@H]1C. The Morgan fingerprint density at radius 3 is 2.65 bits per heavy atom. The van der Waals surface area contributed by atoms with E-state index in [4.69, 9.17) is 4.74 Å². The molecule has 3 aromatic rings. The van der Waals surface area contributed by atoms with Gasteiger partial charge >= 0.3 is 0 Å². The quantitative estimate of drug-likeness (QED) is 0.405. The third-order valence-corrected chi connectivity index (χ3v) is 9.79. The van der Waals surface area contributed by atoms with Gasteiger partial charge in [-0.3, -0.25) is 0 Å². The Bertz CT molecular complexity index is 1470. The van der Waals surface area contributed by atoms with Crippen molar-refractivity contribution in [3.63, 3.8) is 0 Å². The summed E-state index contributed by atoms with van der Waals surface area (Å²) in [6.45, 7) is 9.24. The molecule has 1 N–H and O–H groups in total. The van der Waals surface area contributed by atoms with E-state index in [0.717, 1.165) is 16.5 Å². The van der Waals surface area contributed by atoms with Crippen LogP contribution in [0, 0.1) is 5.92 Å². The molecule has 0 amide bonds. The lowest BCUT2D eigenvalue weighted by atomic mass is 9.91. The lowest BCUT2D eigenvalue weighted by Gasteiger charge is -2.47. The molecular weight excluding hydrogens is 535 g/mol. The number of nitrogens with one attached hydrogen (secondary N) is 1. The summed E-state index contributed by atoms with van der Waals surface area (Å²) in [7, 11) is -1.52. The second-order valence-electron chi connectivity index (χ2n) is 10.9. The van der Waals surface area contributed by atoms with Gasteiger partial charge in [-0.05, 0) is 31.4 Å². The van der Waals surface area contributed by atoms with E-state index in [1.807, 2.05) is 17.9 Å². The molecule has 2 fully saturated rings. The molecule has 2 aliphatic rings. The average Bonchev–Trinajstić information content (AvgIpc) is 2.94. The number of hydrogen-bond acceptors (Lipinski definition) is 11. The van der Waals surface area contributed by atoms with Gasteiger partial charge in [0.2, 0.25) is 5.95 Å². The van der Waals surface area contributed by atoms with Gasteiger partial charge in [0, 0.05) is 61.1 Å². The maximum absolute atomic E-state index is 14.4. The normalized spacial score (nSPS) is 23.5. The Kier molecular flexibility index (Phi) is 8.05. The first kappa shape index (κ1) is 28.3. The molecule has 0 saturated carbocycles. The van der Waals surface area contributed by atoms with Crippen molar-refractivity contribution in [2.45, 2.75) is 58.4 Å². The first-order chi connectivity index (χ1) is 19.1. The molecule has 40 heavy (non-hydrogen) atoms. The summed E-state index contributed by atoms with van der Waals surface area (Å²) in [5.74, 6) is 2.81. The number of methoxy groups -OCH3 is 1. The van der Waals surface area contributed by atoms with Crippen LogP contribution in [0.4, 0.5) is 27.8 Å². The summed E-state index contributed by atoms with van der Waals surface area (Å²) < 4.78 is 44.0. The second-order valence-corrected chi connectivity index (χ2v) is 13.3. The predicted molar refractivity (Wildman–Crippen MR) is 154 cm³/mol. The van der Waals surface area contributed by atoms with Crippen molar-refractivity contribution < 1.29 is 17.5 Å². The van der Waals surface area contributed by atoms with E-state index in [2.05, 4.69) is 49.2 Å². The summed E-state index contributed by atoms with van der Waals surface area (Å²) in [6, 6.07) is 3.71. The maximum Gasteiger partial charge on any atom is 0.227 e. The number of aromatic nitrogens is 5. The number of sulfone groups is 1. The molecule has 0 aliphatic carbocycles. The molecule has 4 atom stereocenters. The molecule has 13 heteroatoms. The first-order valence-electron chi connectivity index (χ1n) is 13.8. The monoisotopic (exact) mass is 572 g/mol. The van der Waals surface area contributed by atoms with E-state index in [0.29, 0.717) is 42.9 Å². The van der Waals surface area contributed by atoms with Crippen molar-refractivity contribution in [3.8, 4) is 0 Å². The maximum atomic E-state index is 14.4. The van der Waals surface area contributed by atoms with Crippen molar-refractivity contribution in [1.29, 1.82) is 0 Å². The van der Waals surface area contributed by atoms with E-state index in [9.17, 15) is 12.8 Å². The molecule has 0 radical (unpaired) electrons. The Morgan fingerprint density at radius 2 is 1.98 bits per heavy atom. The number of anilines is 4. The zero-order valence-electron chi connectivity index (χ0n) is 23.6. The number of piperidine rings is 1. The molecule has 0 aromatic carbocycles. The molecule has 216 valence electrons. The van der Waals surface area contributed by atoms with E-state index in [1.54, 1.807) is 25.4 Å². The van der Waals surface area contributed by atoms with Crippen molar-refractivity contribution in [2.24, 2.45) is 5.92 Å². The minimum atomic E-state index is -3.05. The van der Waals surface area contributed by atoms with Crippen molar-refractivity contribution in [1.82, 2.24) is 25.1 Å². The molecular formula is C27H37FN8O3S. The van der Waals surface area contributed by atoms with Crippen LogP contribution in [-0.2, 0) is 14.6 Å². The third-order valence-electron chi connectivity index (χ3n) is 7.97. The second kappa shape index (κ2) is 11.4. The summed E-state index contributed by atoms with van der Waals surface area (Å²) in [5.41, 5.74) is 0.848. The highest BCUT2D eigenvalue weighted by atomic mass is 32.2. The van der Waals surface area contributed by atoms with Gasteiger partial charge in [-0.25, -0.2) is 22.8 Å². The number of halogens is 1. The molecule has 2 saturated heterocycles. The highest BCUT2D eigenvalue weighted by Crippen LogP contribution is 2.37. The Labute approximate surface area is 234 Å². The zero-order valence-corrected chi connectivity index (χ0v) is 24.4. The average molecular weight is 573 g/mol. The smallest absolute Gasteiger partial charge is 0.227 e. The fourth-order valence-electron chi connectivity index (χ4n) is 5.40. The molecule has 11 nitrogen and oxygen atoms in total. The number of rotatable bonds is 9. The highest BCUT2D eigenvalue weighted by Gasteiger charge is 2.40. The number of nitrogens with zero attached hydrogens (tertiary/aromatic N) is 7. The molecule has 2 aliphatic heterocycles. The topological polar surface area (TPSA) is 126 Å². The van der Waals surface area contributed by atoms with Gasteiger partial charge in [-0.2, -0.15) is 10.1 Å². The van der Waals surface area contributed by atoms with E-state index >= 15 is 0 Å². The largest absolute Gasteiger partial charge is 0.378 e. The first-order valence-corrected chi connectivity index (χ1v) is 15.6. The number of alkyl halides is 1. The Morgan fingerprint density at radius 1 is 1.18 bits per heavy atom. The van der Waals surface area contributed by atoms with Gasteiger partial charge in [-0.1, -0.05) is 20.8 Å². The number of hydrogen-bond donors (Lipinski definition) is 1. The van der Waals surface area contributed by atoms with Crippen LogP contribution in [0.5, 0.6) is 0 Å². The highest BCUT2D eigenvalue weighted by molar-refractivity contribution is 7.91. The molecule has 5 heterocycles. The van der Waals surface area contributed by atoms with Crippen LogP contribution in [0.2, 0.25) is 0 Å². The molecule has 3 aromatic heterocycles. The van der Waals surface area contributed by atoms with E-state index in [1.165, 1.54) is 7.11 Å². The van der Waals surface area contributed by atoms with E-state index in [-0.39, 0.29) is 35.9 Å². The lowest BCUT2D eigenvalue weighted by Crippen LogP contribution is -2.57. The number of pyridine rings is 1. The summed E-state index contributed by atoms with van der Waals surface area (Å²) in [6.07, 6.45) is 2.48. The van der Waals surface area contributed by atoms with Crippen LogP contribution in [0.3, 0.4) is 0 Å². The van der Waals surface area contributed by atoms with Gasteiger partial charge in [0.15, 0.2) is 5.82 Å². The van der Waals surface area contributed by atoms with Crippen LogP contribution >= 0.6 is 0 Å². The van der Waals surface area contributed by atoms with Gasteiger partial charge in [0.1, 0.15) is 27.6 Å². The van der Waals surface area contributed by atoms with Gasteiger partial charge in [-0.15, -0.1) is 5.10 Å². The molecule has 0 unspecified atom stereocenters. The van der Waals surface area contributed by atoms with Crippen LogP contribution in [0.25, 0.3) is 10.8 Å². The van der Waals surface area contributed by atoms with Crippen LogP contribution in [0.15, 0.2) is 24.5 Å². The molecule has 0 bridgehead atoms. The third kappa shape index (κ3) is 5.67. The lowest BCUT2D eigenvalue weighted by molar-refractivity contribution is 0.0194. The fraction of sp³-hybridized carbons (Fsp3) is 0.593. The minimum Gasteiger partial charge on any atom is -0.378 e. The van der Waals surface area contributed by atoms with E-state index < -0.39 is 22.1 Å². The minimum absolute atomic E-state index is 0.0267. The fourth-order valence-corrected chi connectivity index (χ4v) is 6.67. The Balaban J connectivity index is 1.39. The van der Waals surface area contributed by atoms with Gasteiger partial charge < -0.3 is 19.9 Å². The van der Waals surface area contributed by atoms with Crippen LogP contribution in [-0.4, -0.2) is 90.1 Å². The van der Waals surface area contributed by atoms with Gasteiger partial charge in [0.05, 0.1) is 24.1 Å². The van der Waals surface area contributed by atoms with Crippen molar-refractivity contribution >= 4 is 44.0 Å². The van der Waals surface area contributed by atoms with Crippen molar-refractivity contribution in [2.75, 3.05) is 53.4 Å². The summed E-state index contributed by atoms with van der Waals surface area (Å²) in [4.78, 5) is 17.5. The molecule has 5 rings (SSSR count). The zero-order chi connectivity index (χ0) is 28.6. The number of fused-ring (bicyclic) bond motifs is 1. The van der Waals surface area contributed by atoms with Crippen LogP contribution in [0.1, 0.15) is 45.7 Å². The predicted octanol–water partition coefficient (Wildman–Crippen LogP) is 3.50. The standard InChI is InChI=1S/C27H37FN8O3S/c1-6-40(37,38)15-18-13-36(17(18)4)26-20-12-30-24(11-19(20)25(16(2)3)33-34-26)31-23-7-9-29-27(32-23)35-10-8-22(39-5)21(28)14-35/h7,9,11-12,16-18,21-22H,6,8,10,13-15H2,1-5H3,(H,29,30,31,32)/t17-,18-,21-,22+/m1/s1. The molecule has 0 spiro atoms. The van der Waals surface area contributed by atoms with Gasteiger partial charge in [0.25, 0.3) is 0 Å². The van der Waals surface area contributed by atoms with Crippen LogP contribution < -0.4 is 15.1 Å². The van der Waals surface area contributed by atoms with Crippen molar-refractivity contribution in [3.05, 3.63) is 30.2 Å². The summed E-state index contributed by atoms with van der Waals surface area (Å²) >= 11 is 0. The Hall–Kier alpha value is -3.19. The summed E-state index contributed by atoms with van der Waals surface area (Å²) in [5, 5.41) is 14.2. The number of ether oxygens (including phenoxy) is 1.